The summed E-state index contributed by atoms with van der Waals surface area (Å²) in [6.07, 6.45) is 2.47. The van der Waals surface area contributed by atoms with Gasteiger partial charge in [0.1, 0.15) is 11.9 Å². The van der Waals surface area contributed by atoms with Crippen LogP contribution in [0.5, 0.6) is 0 Å². The Kier molecular flexibility index (Phi) is 7.80. The summed E-state index contributed by atoms with van der Waals surface area (Å²) in [6.45, 7) is 0.249. The summed E-state index contributed by atoms with van der Waals surface area (Å²) in [4.78, 5) is 11.9. The summed E-state index contributed by atoms with van der Waals surface area (Å²) in [5, 5.41) is 5.86. The molecular formula is C12H15N6O2SY-. The van der Waals surface area contributed by atoms with Crippen molar-refractivity contribution in [1.82, 2.24) is 15.0 Å². The predicted octanol–water partition coefficient (Wildman–Crippen LogP) is 1.43. The Morgan fingerprint density at radius 3 is 2.64 bits per heavy atom. The second kappa shape index (κ2) is 9.09. The van der Waals surface area contributed by atoms with Crippen molar-refractivity contribution in [3.63, 3.8) is 0 Å². The third-order valence-corrected chi connectivity index (χ3v) is 3.76. The Morgan fingerprint density at radius 1 is 1.27 bits per heavy atom. The standard InChI is InChI=1S/C12H15N6O2S.Y/c1-20-21(13,19)8-7-14-11-15-9-16-12(18-11)17-10-5-3-2-4-6-10;/h2-6,13H,7-8H2,1H3,(H2,14,15,16,17,18);/q-1;. The fraction of sp³-hybridized carbons (Fsp3) is 0.250. The second-order valence-electron chi connectivity index (χ2n) is 3.99. The number of nitrogens with zero attached hydrogens (tertiary/aromatic N) is 3. The van der Waals surface area contributed by atoms with E-state index in [0.717, 1.165) is 5.69 Å². The zero-order chi connectivity index (χ0) is 15.1. The molecule has 10 heteroatoms. The van der Waals surface area contributed by atoms with Gasteiger partial charge in [0, 0.05) is 51.3 Å². The average Bonchev–Trinajstić information content (AvgIpc) is 2.48. The number of hydrogen-bond acceptors (Lipinski definition) is 8. The summed E-state index contributed by atoms with van der Waals surface area (Å²) in [7, 11) is -1.76. The van der Waals surface area contributed by atoms with Crippen LogP contribution in [-0.2, 0) is 46.9 Å². The van der Waals surface area contributed by atoms with Gasteiger partial charge in [-0.1, -0.05) is 18.2 Å². The molecule has 115 valence electrons. The van der Waals surface area contributed by atoms with Crippen LogP contribution in [0, 0.1) is 11.1 Å². The molecule has 0 aliphatic heterocycles. The van der Waals surface area contributed by atoms with Gasteiger partial charge in [0.25, 0.3) is 0 Å². The quantitative estimate of drug-likeness (QED) is 0.607. The largest absolute Gasteiger partial charge is 0.406 e. The monoisotopic (exact) mass is 396 g/mol. The van der Waals surface area contributed by atoms with Crippen LogP contribution in [0.3, 0.4) is 0 Å². The predicted molar refractivity (Wildman–Crippen MR) is 79.6 cm³/mol. The molecule has 1 aromatic heterocycles. The zero-order valence-corrected chi connectivity index (χ0v) is 15.6. The Bertz CT molecular complexity index is 683. The van der Waals surface area contributed by atoms with Gasteiger partial charge >= 0.3 is 0 Å². The molecule has 1 aromatic carbocycles. The van der Waals surface area contributed by atoms with Crippen LogP contribution in [0.25, 0.3) is 0 Å². The summed E-state index contributed by atoms with van der Waals surface area (Å²) in [5.74, 6) is 0.670. The molecule has 3 N–H and O–H groups in total. The van der Waals surface area contributed by atoms with Crippen molar-refractivity contribution in [3.8, 4) is 0 Å². The number of nitrogens with one attached hydrogen (secondary N) is 3. The van der Waals surface area contributed by atoms with Gasteiger partial charge in [-0.25, -0.2) is 8.99 Å². The van der Waals surface area contributed by atoms with Gasteiger partial charge in [0.2, 0.25) is 0 Å². The van der Waals surface area contributed by atoms with Crippen molar-refractivity contribution in [2.24, 2.45) is 0 Å². The maximum atomic E-state index is 11.4. The van der Waals surface area contributed by atoms with Crippen molar-refractivity contribution in [3.05, 3.63) is 36.7 Å². The van der Waals surface area contributed by atoms with Crippen molar-refractivity contribution in [2.75, 3.05) is 30.0 Å². The van der Waals surface area contributed by atoms with Crippen molar-refractivity contribution >= 4 is 27.6 Å². The maximum absolute atomic E-state index is 11.4. The van der Waals surface area contributed by atoms with Gasteiger partial charge in [0.15, 0.2) is 10.0 Å². The number of anilines is 3. The summed E-state index contributed by atoms with van der Waals surface area (Å²) in [5.41, 5.74) is 0.844. The Labute approximate surface area is 154 Å². The van der Waals surface area contributed by atoms with E-state index in [4.69, 9.17) is 4.78 Å². The molecule has 2 aromatic rings. The number of aromatic nitrogens is 3. The van der Waals surface area contributed by atoms with Crippen LogP contribution in [0.1, 0.15) is 0 Å². The van der Waals surface area contributed by atoms with E-state index in [0.29, 0.717) is 5.95 Å². The van der Waals surface area contributed by atoms with Gasteiger partial charge in [-0.3, -0.25) is 4.18 Å². The van der Waals surface area contributed by atoms with E-state index in [2.05, 4.69) is 36.1 Å². The Balaban J connectivity index is 0.00000242. The van der Waals surface area contributed by atoms with Crippen LogP contribution in [0.15, 0.2) is 30.3 Å². The normalized spacial score (nSPS) is 12.8. The molecule has 1 unspecified atom stereocenters. The minimum absolute atomic E-state index is 0. The molecule has 0 amide bonds. The van der Waals surface area contributed by atoms with Crippen molar-refractivity contribution in [1.29, 1.82) is 4.78 Å². The van der Waals surface area contributed by atoms with Gasteiger partial charge in [0.05, 0.1) is 12.9 Å². The molecule has 2 rings (SSSR count). The van der Waals surface area contributed by atoms with E-state index in [1.54, 1.807) is 0 Å². The fourth-order valence-electron chi connectivity index (χ4n) is 1.44. The zero-order valence-electron chi connectivity index (χ0n) is 11.9. The van der Waals surface area contributed by atoms with Gasteiger partial charge in [-0.05, 0) is 12.1 Å². The van der Waals surface area contributed by atoms with Gasteiger partial charge in [-0.15, -0.1) is 0 Å². The summed E-state index contributed by atoms with van der Waals surface area (Å²) >= 11 is 0. The number of benzene rings is 1. The Hall–Kier alpha value is -1.16. The van der Waals surface area contributed by atoms with Crippen molar-refractivity contribution in [2.45, 2.75) is 0 Å². The van der Waals surface area contributed by atoms with Gasteiger partial charge < -0.3 is 25.6 Å². The van der Waals surface area contributed by atoms with E-state index in [1.807, 2.05) is 30.3 Å². The molecular weight excluding hydrogens is 381 g/mol. The fourth-order valence-corrected chi connectivity index (χ4v) is 1.97. The van der Waals surface area contributed by atoms with Crippen LogP contribution in [0.2, 0.25) is 0 Å². The first-order valence-corrected chi connectivity index (χ1v) is 7.74. The minimum atomic E-state index is -3.01. The molecule has 22 heavy (non-hydrogen) atoms. The van der Waals surface area contributed by atoms with E-state index < -0.39 is 10.0 Å². The Morgan fingerprint density at radius 2 is 1.95 bits per heavy atom. The SMILES string of the molecule is COS(=N)(=O)CCNc1n[c-]nc(Nc2ccccc2)n1.[Y]. The molecule has 1 heterocycles. The molecule has 0 bridgehead atoms. The third kappa shape index (κ3) is 6.31. The van der Waals surface area contributed by atoms with Crippen LogP contribution in [0.4, 0.5) is 17.6 Å². The van der Waals surface area contributed by atoms with Gasteiger partial charge in [-0.2, -0.15) is 0 Å². The summed E-state index contributed by atoms with van der Waals surface area (Å²) in [6, 6.07) is 9.45. The summed E-state index contributed by atoms with van der Waals surface area (Å²) < 4.78 is 23.3. The molecule has 0 aliphatic rings. The molecule has 0 saturated carbocycles. The van der Waals surface area contributed by atoms with Crippen molar-refractivity contribution < 1.29 is 41.1 Å². The van der Waals surface area contributed by atoms with E-state index in [9.17, 15) is 4.21 Å². The number of hydrogen-bond donors (Lipinski definition) is 3. The first-order chi connectivity index (χ1) is 10.1. The van der Waals surface area contributed by atoms with Crippen LogP contribution < -0.4 is 10.6 Å². The number of para-hydroxylation sites is 1. The first-order valence-electron chi connectivity index (χ1n) is 6.09. The van der Waals surface area contributed by atoms with E-state index in [1.165, 1.54) is 7.11 Å². The molecule has 0 aliphatic carbocycles. The van der Waals surface area contributed by atoms with Crippen LogP contribution >= 0.6 is 0 Å². The molecule has 1 atom stereocenters. The topological polar surface area (TPSA) is 113 Å². The maximum Gasteiger partial charge on any atom is 0.162 e. The second-order valence-corrected chi connectivity index (χ2v) is 5.96. The minimum Gasteiger partial charge on any atom is -0.406 e. The smallest absolute Gasteiger partial charge is 0.162 e. The average molecular weight is 396 g/mol. The third-order valence-electron chi connectivity index (χ3n) is 2.48. The molecule has 0 spiro atoms. The first kappa shape index (κ1) is 18.9. The molecule has 0 saturated heterocycles. The van der Waals surface area contributed by atoms with E-state index >= 15 is 0 Å². The molecule has 1 radical (unpaired) electrons. The molecule has 8 nitrogen and oxygen atoms in total. The van der Waals surface area contributed by atoms with Crippen LogP contribution in [-0.4, -0.2) is 38.6 Å². The van der Waals surface area contributed by atoms with E-state index in [-0.39, 0.29) is 51.0 Å². The molecule has 0 fully saturated rings. The number of rotatable bonds is 7.